The van der Waals surface area contributed by atoms with Crippen molar-refractivity contribution >= 4 is 12.4 Å². The van der Waals surface area contributed by atoms with E-state index in [1.54, 1.807) is 36.7 Å². The molecule has 2 saturated carbocycles. The molecule has 6 nitrogen and oxygen atoms in total. The van der Waals surface area contributed by atoms with Crippen molar-refractivity contribution in [3.8, 4) is 23.0 Å². The first-order valence-corrected chi connectivity index (χ1v) is 12.4. The van der Waals surface area contributed by atoms with Crippen LogP contribution in [0.25, 0.3) is 0 Å². The molecule has 0 amide bonds. The summed E-state index contributed by atoms with van der Waals surface area (Å²) in [6.45, 7) is 0. The largest absolute Gasteiger partial charge is 2.00 e. The van der Waals surface area contributed by atoms with Gasteiger partial charge in [0.05, 0.1) is 14.2 Å². The first-order chi connectivity index (χ1) is 16.6. The van der Waals surface area contributed by atoms with Crippen molar-refractivity contribution in [3.63, 3.8) is 0 Å². The maximum absolute atomic E-state index is 11.9. The smallest absolute Gasteiger partial charge is 0.870 e. The number of benzene rings is 2. The summed E-state index contributed by atoms with van der Waals surface area (Å²) in [5.74, 6) is 0.624. The third-order valence-corrected chi connectivity index (χ3v) is 6.46. The average molecular weight is 523 g/mol. The normalized spacial score (nSPS) is 17.0. The molecular formula is C28H36N2NiO4. The third kappa shape index (κ3) is 8.88. The topological polar surface area (TPSA) is 89.3 Å². The Bertz CT molecular complexity index is 874. The van der Waals surface area contributed by atoms with Gasteiger partial charge in [-0.1, -0.05) is 74.3 Å². The van der Waals surface area contributed by atoms with Gasteiger partial charge in [0.15, 0.2) is 0 Å². The van der Waals surface area contributed by atoms with E-state index in [2.05, 4.69) is 9.98 Å². The zero-order valence-electron chi connectivity index (χ0n) is 20.7. The van der Waals surface area contributed by atoms with Gasteiger partial charge < -0.3 is 19.7 Å². The number of ether oxygens (including phenoxy) is 2. The number of hydrogen-bond acceptors (Lipinski definition) is 6. The summed E-state index contributed by atoms with van der Waals surface area (Å²) >= 11 is 0. The van der Waals surface area contributed by atoms with Crippen LogP contribution < -0.4 is 19.7 Å². The molecule has 0 unspecified atom stereocenters. The van der Waals surface area contributed by atoms with Crippen LogP contribution in [-0.4, -0.2) is 38.7 Å². The first-order valence-electron chi connectivity index (χ1n) is 12.4. The van der Waals surface area contributed by atoms with Crippen molar-refractivity contribution in [2.75, 3.05) is 14.2 Å². The summed E-state index contributed by atoms with van der Waals surface area (Å²) in [7, 11) is 3.03. The van der Waals surface area contributed by atoms with E-state index in [-0.39, 0.29) is 28.0 Å². The van der Waals surface area contributed by atoms with Crippen LogP contribution >= 0.6 is 0 Å². The molecule has 2 aliphatic carbocycles. The fourth-order valence-corrected chi connectivity index (χ4v) is 4.42. The second-order valence-electron chi connectivity index (χ2n) is 8.90. The Hall–Kier alpha value is -2.53. The van der Waals surface area contributed by atoms with Crippen molar-refractivity contribution in [2.24, 2.45) is 9.98 Å². The van der Waals surface area contributed by atoms with Crippen LogP contribution in [0.15, 0.2) is 46.4 Å². The van der Waals surface area contributed by atoms with E-state index >= 15 is 0 Å². The number of methoxy groups -OCH3 is 2. The molecule has 0 N–H and O–H groups in total. The molecule has 2 aliphatic rings. The standard InChI is InChI=1S/2C14H19NO2.Ni/c2*1-17-13-9-5-6-11(14(13)16)10-15-12-7-3-2-4-8-12;/h2*5-6,9-10,12,16H,2-4,7-8H2,1H3;/q;;+2/p-2. The van der Waals surface area contributed by atoms with Gasteiger partial charge in [0.25, 0.3) is 0 Å². The minimum atomic E-state index is -0.0745. The Kier molecular flexibility index (Phi) is 12.7. The molecule has 0 radical (unpaired) electrons. The van der Waals surface area contributed by atoms with Crippen LogP contribution in [0.5, 0.6) is 23.0 Å². The van der Waals surface area contributed by atoms with Gasteiger partial charge in [-0.3, -0.25) is 9.98 Å². The maximum Gasteiger partial charge on any atom is 2.00 e. The van der Waals surface area contributed by atoms with Crippen LogP contribution in [0.3, 0.4) is 0 Å². The minimum absolute atomic E-state index is 0. The molecule has 0 atom stereocenters. The zero-order valence-corrected chi connectivity index (χ0v) is 21.7. The monoisotopic (exact) mass is 522 g/mol. The van der Waals surface area contributed by atoms with Crippen molar-refractivity contribution in [1.82, 2.24) is 0 Å². The van der Waals surface area contributed by atoms with Crippen molar-refractivity contribution in [2.45, 2.75) is 76.3 Å². The molecular weight excluding hydrogens is 487 g/mol. The van der Waals surface area contributed by atoms with Crippen molar-refractivity contribution < 1.29 is 36.2 Å². The Balaban J connectivity index is 0.000000240. The molecule has 0 aliphatic heterocycles. The molecule has 2 aromatic rings. The van der Waals surface area contributed by atoms with Gasteiger partial charge in [0.2, 0.25) is 0 Å². The van der Waals surface area contributed by atoms with E-state index in [1.807, 2.05) is 12.1 Å². The van der Waals surface area contributed by atoms with Gasteiger partial charge in [-0.25, -0.2) is 0 Å². The Morgan fingerprint density at radius 1 is 0.657 bits per heavy atom. The molecule has 0 saturated heterocycles. The fourth-order valence-electron chi connectivity index (χ4n) is 4.42. The predicted molar refractivity (Wildman–Crippen MR) is 134 cm³/mol. The van der Waals surface area contributed by atoms with E-state index in [4.69, 9.17) is 9.47 Å². The number of para-hydroxylation sites is 2. The number of rotatable bonds is 6. The summed E-state index contributed by atoms with van der Waals surface area (Å²) in [5.41, 5.74) is 1.24. The van der Waals surface area contributed by atoms with Crippen LogP contribution in [0.4, 0.5) is 0 Å². The van der Waals surface area contributed by atoms with Crippen LogP contribution in [0.1, 0.15) is 75.3 Å². The molecule has 0 spiro atoms. The molecule has 0 bridgehead atoms. The SMILES string of the molecule is COc1cccc(C=NC2CCCCC2)c1[O-].COc1cccc(C=NC2CCCCC2)c1[O-].[Ni+2]. The summed E-state index contributed by atoms with van der Waals surface area (Å²) in [6, 6.07) is 11.4. The molecule has 192 valence electrons. The first kappa shape index (κ1) is 28.7. The van der Waals surface area contributed by atoms with Crippen LogP contribution in [0, 0.1) is 0 Å². The second kappa shape index (κ2) is 15.5. The molecule has 0 heterocycles. The van der Waals surface area contributed by atoms with E-state index < -0.39 is 0 Å². The summed E-state index contributed by atoms with van der Waals surface area (Å²) in [5, 5.41) is 23.7. The number of hydrogen-bond donors (Lipinski definition) is 0. The van der Waals surface area contributed by atoms with Crippen LogP contribution in [-0.2, 0) is 16.5 Å². The number of nitrogens with zero attached hydrogens (tertiary/aromatic N) is 2. The van der Waals surface area contributed by atoms with Gasteiger partial charge >= 0.3 is 16.5 Å². The van der Waals surface area contributed by atoms with E-state index in [9.17, 15) is 10.2 Å². The average Bonchev–Trinajstić information content (AvgIpc) is 2.89. The predicted octanol–water partition coefficient (Wildman–Crippen LogP) is 5.04. The van der Waals surface area contributed by atoms with Gasteiger partial charge in [0, 0.05) is 24.5 Å². The molecule has 2 aromatic carbocycles. The van der Waals surface area contributed by atoms with Crippen molar-refractivity contribution in [3.05, 3.63) is 47.5 Å². The van der Waals surface area contributed by atoms with E-state index in [0.29, 0.717) is 34.7 Å². The third-order valence-electron chi connectivity index (χ3n) is 6.46. The quantitative estimate of drug-likeness (QED) is 0.392. The van der Waals surface area contributed by atoms with Gasteiger partial charge in [-0.2, -0.15) is 0 Å². The molecule has 35 heavy (non-hydrogen) atoms. The van der Waals surface area contributed by atoms with Gasteiger partial charge in [-0.05, 0) is 48.9 Å². The summed E-state index contributed by atoms with van der Waals surface area (Å²) < 4.78 is 10.0. The molecule has 0 aromatic heterocycles. The van der Waals surface area contributed by atoms with E-state index in [1.165, 1.54) is 52.7 Å². The summed E-state index contributed by atoms with van der Waals surface area (Å²) in [4.78, 5) is 9.02. The van der Waals surface area contributed by atoms with Gasteiger partial charge in [-0.15, -0.1) is 0 Å². The second-order valence-corrected chi connectivity index (χ2v) is 8.90. The minimum Gasteiger partial charge on any atom is -0.870 e. The maximum atomic E-state index is 11.9. The van der Waals surface area contributed by atoms with E-state index in [0.717, 1.165) is 25.7 Å². The molecule has 4 rings (SSSR count). The Labute approximate surface area is 219 Å². The molecule has 7 heteroatoms. The van der Waals surface area contributed by atoms with Crippen LogP contribution in [0.2, 0.25) is 0 Å². The zero-order chi connectivity index (χ0) is 24.2. The number of aliphatic imine (C=N–C) groups is 2. The van der Waals surface area contributed by atoms with Gasteiger partial charge in [0.1, 0.15) is 11.5 Å². The summed E-state index contributed by atoms with van der Waals surface area (Å²) in [6.07, 6.45) is 15.7. The molecule has 2 fully saturated rings. The van der Waals surface area contributed by atoms with Crippen molar-refractivity contribution in [1.29, 1.82) is 0 Å². The fraction of sp³-hybridized carbons (Fsp3) is 0.500. The Morgan fingerprint density at radius 3 is 1.37 bits per heavy atom. The Morgan fingerprint density at radius 2 is 1.03 bits per heavy atom.